The number of hydrogen-bond donors (Lipinski definition) is 1. The fourth-order valence-corrected chi connectivity index (χ4v) is 3.07. The molecular weight excluding hydrogens is 248 g/mol. The Bertz CT molecular complexity index is 390. The predicted molar refractivity (Wildman–Crippen MR) is 84.4 cm³/mol. The Hall–Kier alpha value is -1.06. The number of nitrogens with one attached hydrogen (secondary N) is 1. The van der Waals surface area contributed by atoms with Crippen LogP contribution in [-0.2, 0) is 6.42 Å². The first-order chi connectivity index (χ1) is 9.72. The molecule has 1 saturated heterocycles. The molecule has 1 fully saturated rings. The summed E-state index contributed by atoms with van der Waals surface area (Å²) in [4.78, 5) is 2.59. The average molecular weight is 276 g/mol. The summed E-state index contributed by atoms with van der Waals surface area (Å²) in [5.41, 5.74) is 1.37. The van der Waals surface area contributed by atoms with E-state index in [-0.39, 0.29) is 0 Å². The lowest BCUT2D eigenvalue weighted by Crippen LogP contribution is -2.41. The zero-order valence-corrected chi connectivity index (χ0v) is 13.1. The summed E-state index contributed by atoms with van der Waals surface area (Å²) in [7, 11) is 1.71. The number of rotatable bonds is 7. The van der Waals surface area contributed by atoms with Crippen molar-refractivity contribution >= 4 is 0 Å². The van der Waals surface area contributed by atoms with Crippen LogP contribution in [0.5, 0.6) is 5.75 Å². The van der Waals surface area contributed by atoms with Gasteiger partial charge in [0.05, 0.1) is 7.11 Å². The lowest BCUT2D eigenvalue weighted by Gasteiger charge is -2.25. The Balaban J connectivity index is 1.75. The molecule has 1 aromatic rings. The molecule has 1 heterocycles. The predicted octanol–water partition coefficient (Wildman–Crippen LogP) is 2.70. The maximum atomic E-state index is 5.19. The highest BCUT2D eigenvalue weighted by Crippen LogP contribution is 2.16. The number of likely N-dealkylation sites (tertiary alicyclic amines) is 1. The molecule has 0 radical (unpaired) electrons. The number of hydrogen-bond acceptors (Lipinski definition) is 3. The molecule has 3 heteroatoms. The molecule has 0 bridgehead atoms. The molecule has 20 heavy (non-hydrogen) atoms. The standard InChI is InChI=1S/C17H28N2O/c1-4-19-11-5-6-16(19)13-18-14(2)12-15-7-9-17(20-3)10-8-15/h7-10,14,16,18H,4-6,11-13H2,1-3H3. The smallest absolute Gasteiger partial charge is 0.118 e. The number of likely N-dealkylation sites (N-methyl/N-ethyl adjacent to an activating group) is 1. The van der Waals surface area contributed by atoms with Crippen molar-refractivity contribution in [3.05, 3.63) is 29.8 Å². The van der Waals surface area contributed by atoms with Crippen molar-refractivity contribution in [2.75, 3.05) is 26.7 Å². The topological polar surface area (TPSA) is 24.5 Å². The van der Waals surface area contributed by atoms with Crippen LogP contribution in [0.15, 0.2) is 24.3 Å². The minimum atomic E-state index is 0.516. The van der Waals surface area contributed by atoms with E-state index in [1.54, 1.807) is 7.11 Å². The molecule has 0 spiro atoms. The first kappa shape index (κ1) is 15.3. The third-order valence-corrected chi connectivity index (χ3v) is 4.31. The van der Waals surface area contributed by atoms with Crippen LogP contribution in [0.2, 0.25) is 0 Å². The maximum Gasteiger partial charge on any atom is 0.118 e. The van der Waals surface area contributed by atoms with Gasteiger partial charge in [0.15, 0.2) is 0 Å². The number of ether oxygens (including phenoxy) is 1. The summed E-state index contributed by atoms with van der Waals surface area (Å²) >= 11 is 0. The van der Waals surface area contributed by atoms with Crippen LogP contribution in [0.4, 0.5) is 0 Å². The SMILES string of the molecule is CCN1CCCC1CNC(C)Cc1ccc(OC)cc1. The van der Waals surface area contributed by atoms with Gasteiger partial charge in [-0.1, -0.05) is 19.1 Å². The summed E-state index contributed by atoms with van der Waals surface area (Å²) in [6.45, 7) is 8.11. The molecule has 0 saturated carbocycles. The minimum Gasteiger partial charge on any atom is -0.497 e. The fraction of sp³-hybridized carbons (Fsp3) is 0.647. The van der Waals surface area contributed by atoms with E-state index in [2.05, 4.69) is 36.2 Å². The van der Waals surface area contributed by atoms with E-state index in [9.17, 15) is 0 Å². The van der Waals surface area contributed by atoms with Crippen molar-refractivity contribution in [3.8, 4) is 5.75 Å². The molecule has 0 aromatic heterocycles. The molecule has 3 nitrogen and oxygen atoms in total. The first-order valence-electron chi connectivity index (χ1n) is 7.83. The van der Waals surface area contributed by atoms with Gasteiger partial charge < -0.3 is 10.1 Å². The van der Waals surface area contributed by atoms with Gasteiger partial charge >= 0.3 is 0 Å². The number of nitrogens with zero attached hydrogens (tertiary/aromatic N) is 1. The molecule has 2 atom stereocenters. The maximum absolute atomic E-state index is 5.19. The normalized spacial score (nSPS) is 21.1. The van der Waals surface area contributed by atoms with Crippen LogP contribution in [-0.4, -0.2) is 43.7 Å². The van der Waals surface area contributed by atoms with Crippen molar-refractivity contribution < 1.29 is 4.74 Å². The minimum absolute atomic E-state index is 0.516. The van der Waals surface area contributed by atoms with Gasteiger partial charge in [0.1, 0.15) is 5.75 Å². The lowest BCUT2D eigenvalue weighted by atomic mass is 10.1. The van der Waals surface area contributed by atoms with E-state index in [0.29, 0.717) is 6.04 Å². The third kappa shape index (κ3) is 4.22. The van der Waals surface area contributed by atoms with Crippen molar-refractivity contribution in [1.82, 2.24) is 10.2 Å². The van der Waals surface area contributed by atoms with Gasteiger partial charge in [-0.15, -0.1) is 0 Å². The van der Waals surface area contributed by atoms with Gasteiger partial charge in [-0.3, -0.25) is 4.90 Å². The quantitative estimate of drug-likeness (QED) is 0.828. The molecule has 2 rings (SSSR count). The van der Waals surface area contributed by atoms with E-state index in [1.165, 1.54) is 31.5 Å². The molecular formula is C17H28N2O. The van der Waals surface area contributed by atoms with Crippen LogP contribution in [0, 0.1) is 0 Å². The van der Waals surface area contributed by atoms with E-state index in [4.69, 9.17) is 4.74 Å². The van der Waals surface area contributed by atoms with E-state index in [0.717, 1.165) is 24.8 Å². The van der Waals surface area contributed by atoms with Gasteiger partial charge in [-0.05, 0) is 57.0 Å². The highest BCUT2D eigenvalue weighted by molar-refractivity contribution is 5.27. The Morgan fingerprint density at radius 2 is 2.10 bits per heavy atom. The van der Waals surface area contributed by atoms with Crippen LogP contribution in [0.1, 0.15) is 32.3 Å². The van der Waals surface area contributed by atoms with Gasteiger partial charge in [0.25, 0.3) is 0 Å². The van der Waals surface area contributed by atoms with E-state index < -0.39 is 0 Å². The highest BCUT2D eigenvalue weighted by atomic mass is 16.5. The molecule has 1 N–H and O–H groups in total. The van der Waals surface area contributed by atoms with Crippen LogP contribution >= 0.6 is 0 Å². The monoisotopic (exact) mass is 276 g/mol. The zero-order valence-electron chi connectivity index (χ0n) is 13.1. The van der Waals surface area contributed by atoms with Crippen LogP contribution < -0.4 is 10.1 Å². The molecule has 1 aromatic carbocycles. The summed E-state index contributed by atoms with van der Waals surface area (Å²) in [5.74, 6) is 0.930. The third-order valence-electron chi connectivity index (χ3n) is 4.31. The molecule has 2 unspecified atom stereocenters. The molecule has 0 aliphatic carbocycles. The van der Waals surface area contributed by atoms with E-state index >= 15 is 0 Å². The van der Waals surface area contributed by atoms with Gasteiger partial charge in [-0.25, -0.2) is 0 Å². The number of benzene rings is 1. The Morgan fingerprint density at radius 1 is 1.35 bits per heavy atom. The van der Waals surface area contributed by atoms with E-state index in [1.807, 2.05) is 12.1 Å². The van der Waals surface area contributed by atoms with Gasteiger partial charge in [0.2, 0.25) is 0 Å². The van der Waals surface area contributed by atoms with Gasteiger partial charge in [-0.2, -0.15) is 0 Å². The average Bonchev–Trinajstić information content (AvgIpc) is 2.93. The highest BCUT2D eigenvalue weighted by Gasteiger charge is 2.22. The van der Waals surface area contributed by atoms with Gasteiger partial charge in [0, 0.05) is 18.6 Å². The zero-order chi connectivity index (χ0) is 14.4. The Morgan fingerprint density at radius 3 is 2.75 bits per heavy atom. The Labute approximate surface area is 123 Å². The number of methoxy groups -OCH3 is 1. The summed E-state index contributed by atoms with van der Waals surface area (Å²) in [6, 6.07) is 9.65. The first-order valence-corrected chi connectivity index (χ1v) is 7.83. The Kier molecular flexibility index (Phi) is 5.86. The molecule has 112 valence electrons. The van der Waals surface area contributed by atoms with Crippen molar-refractivity contribution in [3.63, 3.8) is 0 Å². The van der Waals surface area contributed by atoms with Crippen molar-refractivity contribution in [2.24, 2.45) is 0 Å². The molecule has 1 aliphatic heterocycles. The second-order valence-corrected chi connectivity index (χ2v) is 5.79. The van der Waals surface area contributed by atoms with Crippen LogP contribution in [0.25, 0.3) is 0 Å². The second-order valence-electron chi connectivity index (χ2n) is 5.79. The van der Waals surface area contributed by atoms with Crippen molar-refractivity contribution in [1.29, 1.82) is 0 Å². The summed E-state index contributed by atoms with van der Waals surface area (Å²) < 4.78 is 5.19. The lowest BCUT2D eigenvalue weighted by molar-refractivity contribution is 0.255. The van der Waals surface area contributed by atoms with Crippen molar-refractivity contribution in [2.45, 2.75) is 45.2 Å². The fourth-order valence-electron chi connectivity index (χ4n) is 3.07. The van der Waals surface area contributed by atoms with Crippen LogP contribution in [0.3, 0.4) is 0 Å². The summed E-state index contributed by atoms with van der Waals surface area (Å²) in [5, 5.41) is 3.69. The summed E-state index contributed by atoms with van der Waals surface area (Å²) in [6.07, 6.45) is 3.77. The largest absolute Gasteiger partial charge is 0.497 e. The molecule has 0 amide bonds. The molecule has 1 aliphatic rings. The second kappa shape index (κ2) is 7.65.